The number of amides is 1. The summed E-state index contributed by atoms with van der Waals surface area (Å²) in [5.74, 6) is 0.814. The van der Waals surface area contributed by atoms with Crippen molar-refractivity contribution in [2.45, 2.75) is 17.7 Å². The average Bonchev–Trinajstić information content (AvgIpc) is 3.01. The van der Waals surface area contributed by atoms with Gasteiger partial charge in [0.25, 0.3) is 0 Å². The molecule has 0 spiro atoms. The van der Waals surface area contributed by atoms with Crippen LogP contribution >= 0.6 is 27.7 Å². The molecule has 2 atom stereocenters. The van der Waals surface area contributed by atoms with Gasteiger partial charge in [-0.05, 0) is 24.1 Å². The predicted octanol–water partition coefficient (Wildman–Crippen LogP) is 2.08. The molecule has 0 radical (unpaired) electrons. The number of hydrogen-bond acceptors (Lipinski definition) is 6. The maximum atomic E-state index is 12.4. The van der Waals surface area contributed by atoms with Gasteiger partial charge in [0, 0.05) is 35.9 Å². The molecule has 0 unspecified atom stereocenters. The lowest BCUT2D eigenvalue weighted by Gasteiger charge is -2.37. The number of sulfone groups is 1. The molecule has 9 heteroatoms. The molecule has 6 nitrogen and oxygen atoms in total. The molecule has 1 aromatic carbocycles. The minimum atomic E-state index is -2.90. The van der Waals surface area contributed by atoms with E-state index in [1.807, 2.05) is 29.2 Å². The van der Waals surface area contributed by atoms with Crippen LogP contribution in [0.25, 0.3) is 0 Å². The van der Waals surface area contributed by atoms with Crippen molar-refractivity contribution < 1.29 is 13.2 Å². The number of thioether (sulfide) groups is 1. The fraction of sp³-hybridized carbons (Fsp3) is 0.556. The Labute approximate surface area is 172 Å². The summed E-state index contributed by atoms with van der Waals surface area (Å²) in [5.41, 5.74) is 0.957. The van der Waals surface area contributed by atoms with Crippen LogP contribution in [0.15, 0.2) is 28.7 Å². The van der Waals surface area contributed by atoms with E-state index in [1.54, 1.807) is 0 Å². The van der Waals surface area contributed by atoms with Gasteiger partial charge in [0.15, 0.2) is 9.84 Å². The Morgan fingerprint density at radius 1 is 1.26 bits per heavy atom. The Kier molecular flexibility index (Phi) is 6.84. The molecule has 0 aliphatic carbocycles. The zero-order chi connectivity index (χ0) is 19.4. The smallest absolute Gasteiger partial charge is 0.232 e. The monoisotopic (exact) mass is 471 g/mol. The highest BCUT2D eigenvalue weighted by Gasteiger charge is 2.30. The van der Waals surface area contributed by atoms with Crippen LogP contribution in [0.2, 0.25) is 0 Å². The molecule has 0 saturated carbocycles. The summed E-state index contributed by atoms with van der Waals surface area (Å²) >= 11 is 4.86. The highest BCUT2D eigenvalue weighted by Crippen LogP contribution is 2.26. The second-order valence-electron chi connectivity index (χ2n) is 6.84. The highest BCUT2D eigenvalue weighted by atomic mass is 79.9. The molecule has 2 fully saturated rings. The van der Waals surface area contributed by atoms with Gasteiger partial charge in [-0.3, -0.25) is 9.69 Å². The average molecular weight is 472 g/mol. The molecule has 2 heterocycles. The summed E-state index contributed by atoms with van der Waals surface area (Å²) in [5, 5.41) is 9.63. The van der Waals surface area contributed by atoms with Crippen LogP contribution in [0, 0.1) is 11.3 Å². The molecule has 0 aromatic heterocycles. The van der Waals surface area contributed by atoms with Gasteiger partial charge >= 0.3 is 0 Å². The van der Waals surface area contributed by atoms with E-state index >= 15 is 0 Å². The molecule has 27 heavy (non-hydrogen) atoms. The zero-order valence-electron chi connectivity index (χ0n) is 14.9. The summed E-state index contributed by atoms with van der Waals surface area (Å²) in [4.78, 5) is 16.4. The van der Waals surface area contributed by atoms with E-state index in [0.29, 0.717) is 38.4 Å². The summed E-state index contributed by atoms with van der Waals surface area (Å²) in [7, 11) is -2.90. The van der Waals surface area contributed by atoms with Crippen LogP contribution in [-0.4, -0.2) is 72.8 Å². The first kappa shape index (κ1) is 20.6. The normalized spacial score (nSPS) is 23.7. The fourth-order valence-corrected chi connectivity index (χ4v) is 7.22. The molecule has 2 aliphatic rings. The van der Waals surface area contributed by atoms with Crippen LogP contribution < -0.4 is 0 Å². The van der Waals surface area contributed by atoms with Crippen molar-refractivity contribution in [1.29, 1.82) is 5.26 Å². The van der Waals surface area contributed by atoms with Crippen molar-refractivity contribution in [3.63, 3.8) is 0 Å². The Hall–Kier alpha value is -1.08. The number of halogens is 1. The van der Waals surface area contributed by atoms with E-state index in [1.165, 1.54) is 11.8 Å². The Morgan fingerprint density at radius 2 is 1.93 bits per heavy atom. The van der Waals surface area contributed by atoms with E-state index in [4.69, 9.17) is 0 Å². The Bertz CT molecular complexity index is 815. The summed E-state index contributed by atoms with van der Waals surface area (Å²) in [6, 6.07) is 9.81. The van der Waals surface area contributed by atoms with E-state index in [-0.39, 0.29) is 28.7 Å². The lowest BCUT2D eigenvalue weighted by molar-refractivity contribution is -0.130. The minimum Gasteiger partial charge on any atom is -0.339 e. The summed E-state index contributed by atoms with van der Waals surface area (Å²) in [6.45, 7) is 2.50. The number of piperazine rings is 1. The number of rotatable bonds is 5. The van der Waals surface area contributed by atoms with E-state index in [9.17, 15) is 18.5 Å². The molecular weight excluding hydrogens is 450 g/mol. The van der Waals surface area contributed by atoms with Gasteiger partial charge in [-0.1, -0.05) is 28.1 Å². The fourth-order valence-electron chi connectivity index (χ4n) is 3.41. The first-order valence-electron chi connectivity index (χ1n) is 8.87. The molecule has 2 saturated heterocycles. The highest BCUT2D eigenvalue weighted by molar-refractivity contribution is 9.10. The maximum absolute atomic E-state index is 12.4. The quantitative estimate of drug-likeness (QED) is 0.653. The molecule has 1 amide bonds. The molecule has 0 bridgehead atoms. The second kappa shape index (κ2) is 8.95. The number of carbonyl (C=O) groups excluding carboxylic acids is 1. The van der Waals surface area contributed by atoms with Gasteiger partial charge in [-0.2, -0.15) is 5.26 Å². The third kappa shape index (κ3) is 5.47. The largest absolute Gasteiger partial charge is 0.339 e. The number of nitrogens with zero attached hydrogens (tertiary/aromatic N) is 3. The Morgan fingerprint density at radius 3 is 2.48 bits per heavy atom. The topological polar surface area (TPSA) is 81.5 Å². The van der Waals surface area contributed by atoms with Gasteiger partial charge in [0.2, 0.25) is 5.91 Å². The van der Waals surface area contributed by atoms with Crippen molar-refractivity contribution in [3.05, 3.63) is 34.3 Å². The maximum Gasteiger partial charge on any atom is 0.232 e. The molecule has 146 valence electrons. The van der Waals surface area contributed by atoms with Crippen molar-refractivity contribution in [2.24, 2.45) is 0 Å². The first-order valence-corrected chi connectivity index (χ1v) is 12.5. The van der Waals surface area contributed by atoms with Gasteiger partial charge in [0.1, 0.15) is 6.04 Å². The van der Waals surface area contributed by atoms with Crippen LogP contribution in [0.3, 0.4) is 0 Å². The number of hydrogen-bond donors (Lipinski definition) is 0. The van der Waals surface area contributed by atoms with Crippen molar-refractivity contribution >= 4 is 43.4 Å². The number of carbonyl (C=O) groups is 1. The van der Waals surface area contributed by atoms with Crippen LogP contribution in [-0.2, 0) is 14.6 Å². The van der Waals surface area contributed by atoms with E-state index in [2.05, 4.69) is 26.9 Å². The lowest BCUT2D eigenvalue weighted by atomic mass is 10.1. The predicted molar refractivity (Wildman–Crippen MR) is 110 cm³/mol. The molecular formula is C18H22BrN3O3S2. The number of benzene rings is 1. The van der Waals surface area contributed by atoms with Gasteiger partial charge in [-0.15, -0.1) is 11.8 Å². The van der Waals surface area contributed by atoms with Crippen LogP contribution in [0.5, 0.6) is 0 Å². The van der Waals surface area contributed by atoms with Gasteiger partial charge < -0.3 is 4.90 Å². The lowest BCUT2D eigenvalue weighted by Crippen LogP contribution is -2.50. The van der Waals surface area contributed by atoms with E-state index < -0.39 is 9.84 Å². The standard InChI is InChI=1S/C18H22BrN3O3S2/c19-15-3-1-14(2-4-15)17(11-20)21-6-8-22(9-7-21)18(23)12-26-16-5-10-27(24,25)13-16/h1-4,16-17H,5-10,12-13H2/t16-,17+/m0/s1. The third-order valence-electron chi connectivity index (χ3n) is 4.97. The summed E-state index contributed by atoms with van der Waals surface area (Å²) < 4.78 is 24.0. The zero-order valence-corrected chi connectivity index (χ0v) is 18.1. The molecule has 2 aliphatic heterocycles. The van der Waals surface area contributed by atoms with E-state index in [0.717, 1.165) is 10.0 Å². The Balaban J connectivity index is 1.48. The third-order valence-corrected chi connectivity index (χ3v) is 8.77. The minimum absolute atomic E-state index is 0.0422. The van der Waals surface area contributed by atoms with Crippen molar-refractivity contribution in [3.8, 4) is 6.07 Å². The molecule has 3 rings (SSSR count). The van der Waals surface area contributed by atoms with Gasteiger partial charge in [0.05, 0.1) is 23.3 Å². The van der Waals surface area contributed by atoms with Crippen molar-refractivity contribution in [2.75, 3.05) is 43.4 Å². The van der Waals surface area contributed by atoms with Crippen molar-refractivity contribution in [1.82, 2.24) is 9.80 Å². The van der Waals surface area contributed by atoms with Gasteiger partial charge in [-0.25, -0.2) is 8.42 Å². The molecule has 1 aromatic rings. The number of nitriles is 1. The first-order chi connectivity index (χ1) is 12.9. The van der Waals surface area contributed by atoms with Crippen LogP contribution in [0.1, 0.15) is 18.0 Å². The van der Waals surface area contributed by atoms with Crippen LogP contribution in [0.4, 0.5) is 0 Å². The second-order valence-corrected chi connectivity index (χ2v) is 11.3. The SMILES string of the molecule is N#C[C@H](c1ccc(Br)cc1)N1CCN(C(=O)CS[C@H]2CCS(=O)(=O)C2)CC1. The molecule has 0 N–H and O–H groups in total. The summed E-state index contributed by atoms with van der Waals surface area (Å²) in [6.07, 6.45) is 0.644.